The summed E-state index contributed by atoms with van der Waals surface area (Å²) < 4.78 is 5.51. The number of halogens is 1. The molecule has 0 unspecified atom stereocenters. The summed E-state index contributed by atoms with van der Waals surface area (Å²) in [4.78, 5) is 23.8. The number of carbonyl (C=O) groups is 2. The maximum atomic E-state index is 11.8. The molecule has 0 radical (unpaired) electrons. The summed E-state index contributed by atoms with van der Waals surface area (Å²) in [7, 11) is 1.72. The van der Waals surface area contributed by atoms with E-state index in [1.165, 1.54) is 0 Å². The minimum atomic E-state index is -0.577. The van der Waals surface area contributed by atoms with Gasteiger partial charge in [-0.25, -0.2) is 4.79 Å². The topological polar surface area (TPSA) is 84.7 Å². The van der Waals surface area contributed by atoms with Crippen LogP contribution in [0.4, 0.5) is 4.79 Å². The minimum absolute atomic E-state index is 0.000904. The molecule has 0 aliphatic carbocycles. The number of hydrogen-bond donors (Lipinski definition) is 2. The molecule has 0 aliphatic rings. The van der Waals surface area contributed by atoms with Crippen molar-refractivity contribution in [1.29, 1.82) is 0 Å². The number of nitrogens with zero attached hydrogens (tertiary/aromatic N) is 1. The van der Waals surface area contributed by atoms with Crippen LogP contribution in [-0.2, 0) is 4.79 Å². The van der Waals surface area contributed by atoms with Crippen molar-refractivity contribution in [2.24, 2.45) is 5.73 Å². The van der Waals surface area contributed by atoms with E-state index < -0.39 is 6.03 Å². The lowest BCUT2D eigenvalue weighted by Gasteiger charge is -2.17. The second-order valence-electron chi connectivity index (χ2n) is 4.51. The largest absolute Gasteiger partial charge is 0.492 e. The highest BCUT2D eigenvalue weighted by Gasteiger charge is 2.08. The number of amides is 3. The number of hydrogen-bond acceptors (Lipinski definition) is 3. The van der Waals surface area contributed by atoms with E-state index in [4.69, 9.17) is 22.1 Å². The van der Waals surface area contributed by atoms with Crippen LogP contribution in [-0.4, -0.2) is 43.6 Å². The zero-order valence-corrected chi connectivity index (χ0v) is 12.7. The third-order valence-corrected chi connectivity index (χ3v) is 3.05. The number of carbonyl (C=O) groups excluding carboxylic acids is 2. The summed E-state index contributed by atoms with van der Waals surface area (Å²) in [6.45, 7) is 1.30. The first-order valence-corrected chi connectivity index (χ1v) is 7.02. The number of primary amides is 1. The van der Waals surface area contributed by atoms with Gasteiger partial charge in [0.15, 0.2) is 0 Å². The Hall–Kier alpha value is -1.95. The molecule has 1 aromatic carbocycles. The molecule has 6 nitrogen and oxygen atoms in total. The lowest BCUT2D eigenvalue weighted by molar-refractivity contribution is -0.130. The Labute approximate surface area is 129 Å². The van der Waals surface area contributed by atoms with Crippen LogP contribution in [0.3, 0.4) is 0 Å². The molecule has 1 aromatic rings. The number of benzene rings is 1. The van der Waals surface area contributed by atoms with E-state index in [1.807, 2.05) is 0 Å². The predicted molar refractivity (Wildman–Crippen MR) is 81.4 cm³/mol. The molecule has 3 N–H and O–H groups in total. The molecule has 0 heterocycles. The molecule has 0 atom stereocenters. The predicted octanol–water partition coefficient (Wildman–Crippen LogP) is 1.63. The van der Waals surface area contributed by atoms with Crippen LogP contribution < -0.4 is 15.8 Å². The third-order valence-electron chi connectivity index (χ3n) is 2.80. The minimum Gasteiger partial charge on any atom is -0.492 e. The van der Waals surface area contributed by atoms with Crippen molar-refractivity contribution in [2.75, 3.05) is 26.7 Å². The lowest BCUT2D eigenvalue weighted by atomic mass is 10.3. The van der Waals surface area contributed by atoms with Gasteiger partial charge in [-0.2, -0.15) is 0 Å². The highest BCUT2D eigenvalue weighted by atomic mass is 35.5. The Morgan fingerprint density at radius 1 is 1.33 bits per heavy atom. The van der Waals surface area contributed by atoms with Crippen molar-refractivity contribution in [2.45, 2.75) is 12.8 Å². The average molecular weight is 314 g/mol. The van der Waals surface area contributed by atoms with Crippen LogP contribution in [0.25, 0.3) is 0 Å². The maximum Gasteiger partial charge on any atom is 0.312 e. The van der Waals surface area contributed by atoms with Gasteiger partial charge in [0.05, 0.1) is 6.54 Å². The molecule has 0 saturated heterocycles. The number of ether oxygens (including phenoxy) is 1. The van der Waals surface area contributed by atoms with Gasteiger partial charge in [-0.15, -0.1) is 0 Å². The van der Waals surface area contributed by atoms with Crippen LogP contribution in [0.5, 0.6) is 5.75 Å². The van der Waals surface area contributed by atoms with E-state index in [0.717, 1.165) is 0 Å². The van der Waals surface area contributed by atoms with Crippen LogP contribution >= 0.6 is 11.6 Å². The quantitative estimate of drug-likeness (QED) is 0.715. The molecule has 0 saturated carbocycles. The number of rotatable bonds is 8. The maximum absolute atomic E-state index is 11.8. The molecular formula is C14H20ClN3O3. The van der Waals surface area contributed by atoms with Crippen molar-refractivity contribution in [1.82, 2.24) is 10.2 Å². The van der Waals surface area contributed by atoms with Gasteiger partial charge >= 0.3 is 6.03 Å². The summed E-state index contributed by atoms with van der Waals surface area (Å²) in [6, 6.07) is 6.47. The fourth-order valence-corrected chi connectivity index (χ4v) is 1.72. The van der Waals surface area contributed by atoms with E-state index in [-0.39, 0.29) is 5.91 Å². The van der Waals surface area contributed by atoms with Gasteiger partial charge in [0, 0.05) is 25.0 Å². The van der Waals surface area contributed by atoms with E-state index in [0.29, 0.717) is 43.3 Å². The Morgan fingerprint density at radius 2 is 2.00 bits per heavy atom. The molecule has 0 fully saturated rings. The van der Waals surface area contributed by atoms with Crippen LogP contribution in [0, 0.1) is 0 Å². The van der Waals surface area contributed by atoms with E-state index in [2.05, 4.69) is 5.32 Å². The summed E-state index contributed by atoms with van der Waals surface area (Å²) in [6.07, 6.45) is 0.919. The van der Waals surface area contributed by atoms with Gasteiger partial charge in [-0.1, -0.05) is 11.6 Å². The average Bonchev–Trinajstić information content (AvgIpc) is 2.45. The number of urea groups is 1. The Balaban J connectivity index is 2.17. The Kier molecular flexibility index (Phi) is 7.39. The fraction of sp³-hybridized carbons (Fsp3) is 0.429. The lowest BCUT2D eigenvalue weighted by Crippen LogP contribution is -2.33. The van der Waals surface area contributed by atoms with Gasteiger partial charge in [0.25, 0.3) is 0 Å². The first kappa shape index (κ1) is 17.1. The molecule has 3 amide bonds. The standard InChI is InChI=1S/C14H20ClN3O3/c1-18(13(19)3-2-8-17-14(16)20)9-10-21-12-6-4-11(15)5-7-12/h4-7H,2-3,8-10H2,1H3,(H3,16,17,20). The summed E-state index contributed by atoms with van der Waals surface area (Å²) in [5.41, 5.74) is 4.93. The highest BCUT2D eigenvalue weighted by molar-refractivity contribution is 6.30. The van der Waals surface area contributed by atoms with Crippen molar-refractivity contribution < 1.29 is 14.3 Å². The second-order valence-corrected chi connectivity index (χ2v) is 4.95. The first-order valence-electron chi connectivity index (χ1n) is 6.64. The molecule has 7 heteroatoms. The van der Waals surface area contributed by atoms with E-state index in [1.54, 1.807) is 36.2 Å². The van der Waals surface area contributed by atoms with Gasteiger partial charge in [0.2, 0.25) is 5.91 Å². The van der Waals surface area contributed by atoms with Crippen LogP contribution in [0.1, 0.15) is 12.8 Å². The monoisotopic (exact) mass is 313 g/mol. The normalized spacial score (nSPS) is 10.0. The van der Waals surface area contributed by atoms with Crippen molar-refractivity contribution >= 4 is 23.5 Å². The van der Waals surface area contributed by atoms with Gasteiger partial charge in [-0.3, -0.25) is 4.79 Å². The Morgan fingerprint density at radius 3 is 2.62 bits per heavy atom. The summed E-state index contributed by atoms with van der Waals surface area (Å²) in [5, 5.41) is 3.09. The number of nitrogens with one attached hydrogen (secondary N) is 1. The molecular weight excluding hydrogens is 294 g/mol. The second kappa shape index (κ2) is 9.07. The van der Waals surface area contributed by atoms with Crippen LogP contribution in [0.2, 0.25) is 5.02 Å². The zero-order valence-electron chi connectivity index (χ0n) is 12.0. The molecule has 116 valence electrons. The molecule has 0 spiro atoms. The fourth-order valence-electron chi connectivity index (χ4n) is 1.60. The third kappa shape index (κ3) is 7.41. The zero-order chi connectivity index (χ0) is 15.7. The van der Waals surface area contributed by atoms with E-state index >= 15 is 0 Å². The summed E-state index contributed by atoms with van der Waals surface area (Å²) >= 11 is 5.78. The number of likely N-dealkylation sites (N-methyl/N-ethyl adjacent to an activating group) is 1. The van der Waals surface area contributed by atoms with Crippen molar-refractivity contribution in [3.05, 3.63) is 29.3 Å². The molecule has 0 aromatic heterocycles. The Bertz CT molecular complexity index is 465. The molecule has 1 rings (SSSR count). The first-order chi connectivity index (χ1) is 9.99. The van der Waals surface area contributed by atoms with Gasteiger partial charge in [-0.05, 0) is 30.7 Å². The van der Waals surface area contributed by atoms with Crippen LogP contribution in [0.15, 0.2) is 24.3 Å². The smallest absolute Gasteiger partial charge is 0.312 e. The molecule has 0 bridgehead atoms. The molecule has 21 heavy (non-hydrogen) atoms. The van der Waals surface area contributed by atoms with Crippen molar-refractivity contribution in [3.8, 4) is 5.75 Å². The van der Waals surface area contributed by atoms with E-state index in [9.17, 15) is 9.59 Å². The SMILES string of the molecule is CN(CCOc1ccc(Cl)cc1)C(=O)CCCNC(N)=O. The van der Waals surface area contributed by atoms with Gasteiger partial charge in [0.1, 0.15) is 12.4 Å². The van der Waals surface area contributed by atoms with Gasteiger partial charge < -0.3 is 20.7 Å². The summed E-state index contributed by atoms with van der Waals surface area (Å²) in [5.74, 6) is 0.715. The van der Waals surface area contributed by atoms with Crippen molar-refractivity contribution in [3.63, 3.8) is 0 Å². The molecule has 0 aliphatic heterocycles. The highest BCUT2D eigenvalue weighted by Crippen LogP contribution is 2.15. The number of nitrogens with two attached hydrogens (primary N) is 1.